The quantitative estimate of drug-likeness (QED) is 0.572. The van der Waals surface area contributed by atoms with Crippen LogP contribution in [0, 0.1) is 28.1 Å². The average molecular weight is 499 g/mol. The lowest BCUT2D eigenvalue weighted by Crippen LogP contribution is -2.43. The van der Waals surface area contributed by atoms with Gasteiger partial charge < -0.3 is 15.4 Å². The third kappa shape index (κ3) is 4.63. The van der Waals surface area contributed by atoms with E-state index in [2.05, 4.69) is 17.2 Å². The molecule has 10 nitrogen and oxygen atoms in total. The van der Waals surface area contributed by atoms with Gasteiger partial charge in [-0.2, -0.15) is 20.7 Å². The summed E-state index contributed by atoms with van der Waals surface area (Å²) >= 11 is 0. The fourth-order valence-electron chi connectivity index (χ4n) is 5.42. The van der Waals surface area contributed by atoms with Gasteiger partial charge >= 0.3 is 6.09 Å². The summed E-state index contributed by atoms with van der Waals surface area (Å²) in [6, 6.07) is 11.9. The number of hydrogen-bond acceptors (Lipinski definition) is 7. The van der Waals surface area contributed by atoms with E-state index in [1.807, 2.05) is 45.2 Å². The molecule has 3 aromatic rings. The van der Waals surface area contributed by atoms with Gasteiger partial charge in [-0.05, 0) is 57.1 Å². The van der Waals surface area contributed by atoms with Gasteiger partial charge in [0, 0.05) is 24.8 Å². The van der Waals surface area contributed by atoms with Gasteiger partial charge in [-0.1, -0.05) is 18.2 Å². The molecular formula is C27H30N8O2. The van der Waals surface area contributed by atoms with Crippen LogP contribution in [-0.2, 0) is 11.3 Å². The van der Waals surface area contributed by atoms with Crippen molar-refractivity contribution in [1.29, 1.82) is 10.5 Å². The third-order valence-corrected chi connectivity index (χ3v) is 7.21. The number of benzene rings is 1. The molecule has 0 radical (unpaired) electrons. The molecule has 2 N–H and O–H groups in total. The standard InChI is InChI=1S/C27H30N8O2/c1-26(2,3)37-25(36)33-9-8-27(17-33)10-21(11-27)35-24(30)22(13-29)23(32-35)20-14-31-34(16-20)15-19-7-5-4-6-18(19)12-28/h4-7,14,16,21H,8-11,15,17,30H2,1-3H3/t21-,27-. The Bertz CT molecular complexity index is 1430. The second kappa shape index (κ2) is 8.97. The lowest BCUT2D eigenvalue weighted by Gasteiger charge is -2.45. The van der Waals surface area contributed by atoms with Crippen LogP contribution >= 0.6 is 0 Å². The summed E-state index contributed by atoms with van der Waals surface area (Å²) in [6.45, 7) is 7.39. The average Bonchev–Trinajstić information content (AvgIpc) is 3.54. The smallest absolute Gasteiger partial charge is 0.410 e. The summed E-state index contributed by atoms with van der Waals surface area (Å²) < 4.78 is 9.03. The van der Waals surface area contributed by atoms with Crippen molar-refractivity contribution in [1.82, 2.24) is 24.5 Å². The fraction of sp³-hybridized carbons (Fsp3) is 0.444. The first-order valence-electron chi connectivity index (χ1n) is 12.4. The maximum atomic E-state index is 12.5. The number of ether oxygens (including phenoxy) is 1. The van der Waals surface area contributed by atoms with Gasteiger partial charge in [-0.15, -0.1) is 0 Å². The maximum absolute atomic E-state index is 12.5. The second-order valence-corrected chi connectivity index (χ2v) is 11.1. The minimum Gasteiger partial charge on any atom is -0.444 e. The molecule has 1 saturated heterocycles. The predicted molar refractivity (Wildman–Crippen MR) is 136 cm³/mol. The molecular weight excluding hydrogens is 468 g/mol. The van der Waals surface area contributed by atoms with Crippen molar-refractivity contribution in [3.05, 3.63) is 53.3 Å². The van der Waals surface area contributed by atoms with Gasteiger partial charge in [0.15, 0.2) is 0 Å². The van der Waals surface area contributed by atoms with Gasteiger partial charge in [0.2, 0.25) is 0 Å². The van der Waals surface area contributed by atoms with E-state index in [0.717, 1.165) is 24.8 Å². The van der Waals surface area contributed by atoms with E-state index in [9.17, 15) is 15.3 Å². The number of nitrogen functional groups attached to an aromatic ring is 1. The van der Waals surface area contributed by atoms with Gasteiger partial charge in [0.1, 0.15) is 28.7 Å². The van der Waals surface area contributed by atoms with Crippen LogP contribution in [0.3, 0.4) is 0 Å². The Morgan fingerprint density at radius 2 is 2.00 bits per heavy atom. The zero-order chi connectivity index (χ0) is 26.4. The number of nitrogens with two attached hydrogens (primary N) is 1. The highest BCUT2D eigenvalue weighted by Crippen LogP contribution is 2.54. The summed E-state index contributed by atoms with van der Waals surface area (Å²) in [5.74, 6) is 0.349. The van der Waals surface area contributed by atoms with Crippen LogP contribution < -0.4 is 5.73 Å². The molecule has 1 aliphatic heterocycles. The summed E-state index contributed by atoms with van der Waals surface area (Å²) in [6.07, 6.45) is 5.81. The Morgan fingerprint density at radius 1 is 1.24 bits per heavy atom. The normalized spacial score (nSPS) is 20.9. The zero-order valence-corrected chi connectivity index (χ0v) is 21.3. The van der Waals surface area contributed by atoms with Crippen LogP contribution in [0.15, 0.2) is 36.7 Å². The lowest BCUT2D eigenvalue weighted by molar-refractivity contribution is 0.0188. The Balaban J connectivity index is 1.30. The van der Waals surface area contributed by atoms with Crippen molar-refractivity contribution in [2.45, 2.75) is 58.2 Å². The lowest BCUT2D eigenvalue weighted by atomic mass is 9.65. The molecule has 2 aliphatic rings. The summed E-state index contributed by atoms with van der Waals surface area (Å²) in [4.78, 5) is 14.3. The SMILES string of the molecule is CC(C)(C)OC(=O)N1CC[C@]2(C1)C[C@H](n1nc(-c3cnn(Cc4ccccc4C#N)c3)c(C#N)c1N)C2. The number of nitrogens with zero attached hydrogens (tertiary/aromatic N) is 7. The molecule has 2 fully saturated rings. The number of likely N-dealkylation sites (tertiary alicyclic amines) is 1. The van der Waals surface area contributed by atoms with Crippen LogP contribution in [0.5, 0.6) is 0 Å². The number of nitriles is 2. The van der Waals surface area contributed by atoms with E-state index in [1.54, 1.807) is 26.5 Å². The maximum Gasteiger partial charge on any atom is 0.410 e. The largest absolute Gasteiger partial charge is 0.444 e. The third-order valence-electron chi connectivity index (χ3n) is 7.21. The Hall–Kier alpha value is -4.31. The Kier molecular flexibility index (Phi) is 5.91. The number of hydrogen-bond donors (Lipinski definition) is 1. The second-order valence-electron chi connectivity index (χ2n) is 11.1. The van der Waals surface area contributed by atoms with Crippen molar-refractivity contribution >= 4 is 11.9 Å². The molecule has 190 valence electrons. The van der Waals surface area contributed by atoms with Crippen LogP contribution in [-0.4, -0.2) is 49.2 Å². The zero-order valence-electron chi connectivity index (χ0n) is 21.3. The molecule has 0 unspecified atom stereocenters. The minimum atomic E-state index is -0.518. The number of carbonyl (C=O) groups is 1. The summed E-state index contributed by atoms with van der Waals surface area (Å²) in [7, 11) is 0. The van der Waals surface area contributed by atoms with Gasteiger partial charge in [-0.3, -0.25) is 4.68 Å². The first-order chi connectivity index (χ1) is 17.6. The fourth-order valence-corrected chi connectivity index (χ4v) is 5.42. The number of anilines is 1. The van der Waals surface area contributed by atoms with E-state index >= 15 is 0 Å². The molecule has 10 heteroatoms. The minimum absolute atomic E-state index is 0.0337. The van der Waals surface area contributed by atoms with Crippen LogP contribution in [0.25, 0.3) is 11.3 Å². The van der Waals surface area contributed by atoms with Crippen LogP contribution in [0.4, 0.5) is 10.6 Å². The van der Waals surface area contributed by atoms with Crippen molar-refractivity contribution in [2.75, 3.05) is 18.8 Å². The molecule has 37 heavy (non-hydrogen) atoms. The highest BCUT2D eigenvalue weighted by molar-refractivity contribution is 5.72. The van der Waals surface area contributed by atoms with Crippen LogP contribution in [0.1, 0.15) is 62.8 Å². The van der Waals surface area contributed by atoms with E-state index in [-0.39, 0.29) is 17.6 Å². The van der Waals surface area contributed by atoms with E-state index in [4.69, 9.17) is 15.6 Å². The molecule has 1 saturated carbocycles. The number of rotatable bonds is 4. The molecule has 1 aliphatic carbocycles. The molecule has 5 rings (SSSR count). The molecule has 0 bridgehead atoms. The van der Waals surface area contributed by atoms with Crippen molar-refractivity contribution in [3.63, 3.8) is 0 Å². The molecule has 1 spiro atoms. The highest BCUT2D eigenvalue weighted by Gasteiger charge is 2.51. The van der Waals surface area contributed by atoms with E-state index < -0.39 is 5.60 Å². The Morgan fingerprint density at radius 3 is 2.70 bits per heavy atom. The van der Waals surface area contributed by atoms with Gasteiger partial charge in [-0.25, -0.2) is 9.48 Å². The van der Waals surface area contributed by atoms with Crippen molar-refractivity contribution < 1.29 is 9.53 Å². The van der Waals surface area contributed by atoms with E-state index in [1.165, 1.54) is 0 Å². The van der Waals surface area contributed by atoms with Gasteiger partial charge in [0.25, 0.3) is 0 Å². The number of amides is 1. The highest BCUT2D eigenvalue weighted by atomic mass is 16.6. The molecule has 1 amide bonds. The number of carbonyl (C=O) groups excluding carboxylic acids is 1. The number of aromatic nitrogens is 4. The Labute approximate surface area is 215 Å². The molecule has 1 aromatic carbocycles. The topological polar surface area (TPSA) is 139 Å². The monoisotopic (exact) mass is 498 g/mol. The van der Waals surface area contributed by atoms with E-state index in [0.29, 0.717) is 47.8 Å². The predicted octanol–water partition coefficient (Wildman–Crippen LogP) is 4.08. The molecule has 2 aromatic heterocycles. The molecule has 0 atom stereocenters. The van der Waals surface area contributed by atoms with Gasteiger partial charge in [0.05, 0.1) is 30.4 Å². The summed E-state index contributed by atoms with van der Waals surface area (Å²) in [5, 5.41) is 28.4. The van der Waals surface area contributed by atoms with Crippen molar-refractivity contribution in [3.8, 4) is 23.4 Å². The van der Waals surface area contributed by atoms with Crippen molar-refractivity contribution in [2.24, 2.45) is 5.41 Å². The first kappa shape index (κ1) is 24.4. The van der Waals surface area contributed by atoms with Crippen LogP contribution in [0.2, 0.25) is 0 Å². The molecule has 3 heterocycles. The summed E-state index contributed by atoms with van der Waals surface area (Å²) in [5.41, 5.74) is 8.90. The first-order valence-corrected chi connectivity index (χ1v) is 12.4.